The zero-order valence-corrected chi connectivity index (χ0v) is 14.7. The van der Waals surface area contributed by atoms with Gasteiger partial charge >= 0.3 is 22.1 Å². The summed E-state index contributed by atoms with van der Waals surface area (Å²) in [5.74, 6) is -1.45. The lowest BCUT2D eigenvalue weighted by Crippen LogP contribution is -2.25. The molecule has 1 N–H and O–H groups in total. The summed E-state index contributed by atoms with van der Waals surface area (Å²) in [5, 5.41) is 0. The molecule has 0 aromatic carbocycles. The van der Waals surface area contributed by atoms with E-state index in [2.05, 4.69) is 11.7 Å². The second-order valence-electron chi connectivity index (χ2n) is 5.17. The number of hydrogen-bond acceptors (Lipinski definition) is 6. The summed E-state index contributed by atoms with van der Waals surface area (Å²) in [6.45, 7) is 5.81. The SMILES string of the molecule is CCCCC(CC)COC(=O)C=CC(=O)OC(CC)S(=O)(=O)O. The second-order valence-corrected chi connectivity index (χ2v) is 6.73. The van der Waals surface area contributed by atoms with E-state index in [0.717, 1.165) is 37.8 Å². The third-order valence-corrected chi connectivity index (χ3v) is 4.37. The van der Waals surface area contributed by atoms with Gasteiger partial charge in [-0.3, -0.25) is 4.55 Å². The first-order valence-electron chi connectivity index (χ1n) is 7.76. The van der Waals surface area contributed by atoms with Crippen molar-refractivity contribution in [2.75, 3.05) is 6.61 Å². The molecule has 0 aliphatic carbocycles. The smallest absolute Gasteiger partial charge is 0.332 e. The fourth-order valence-corrected chi connectivity index (χ4v) is 2.44. The largest absolute Gasteiger partial charge is 0.462 e. The predicted molar refractivity (Wildman–Crippen MR) is 85.1 cm³/mol. The lowest BCUT2D eigenvalue weighted by molar-refractivity contribution is -0.142. The summed E-state index contributed by atoms with van der Waals surface area (Å²) in [4.78, 5) is 22.9. The van der Waals surface area contributed by atoms with Gasteiger partial charge in [0, 0.05) is 12.2 Å². The average Bonchev–Trinajstić information content (AvgIpc) is 2.49. The molecule has 0 radical (unpaired) electrons. The first-order chi connectivity index (χ1) is 10.7. The zero-order chi connectivity index (χ0) is 17.9. The highest BCUT2D eigenvalue weighted by Crippen LogP contribution is 2.13. The Kier molecular flexibility index (Phi) is 10.5. The van der Waals surface area contributed by atoms with Crippen LogP contribution in [0, 0.1) is 5.92 Å². The van der Waals surface area contributed by atoms with Gasteiger partial charge in [-0.25, -0.2) is 9.59 Å². The molecule has 0 aromatic rings. The topological polar surface area (TPSA) is 107 Å². The van der Waals surface area contributed by atoms with Crippen molar-refractivity contribution in [1.29, 1.82) is 0 Å². The number of carbonyl (C=O) groups is 2. The van der Waals surface area contributed by atoms with E-state index < -0.39 is 27.5 Å². The minimum absolute atomic E-state index is 0.0987. The van der Waals surface area contributed by atoms with Gasteiger partial charge < -0.3 is 9.47 Å². The number of hydrogen-bond donors (Lipinski definition) is 1. The van der Waals surface area contributed by atoms with Gasteiger partial charge in [0.15, 0.2) is 0 Å². The highest BCUT2D eigenvalue weighted by atomic mass is 32.2. The molecule has 0 saturated carbocycles. The zero-order valence-electron chi connectivity index (χ0n) is 13.9. The Bertz CT molecular complexity index is 496. The van der Waals surface area contributed by atoms with Gasteiger partial charge in [-0.2, -0.15) is 8.42 Å². The second kappa shape index (κ2) is 11.2. The first-order valence-corrected chi connectivity index (χ1v) is 9.26. The molecule has 0 spiro atoms. The Hall–Kier alpha value is -1.41. The van der Waals surface area contributed by atoms with E-state index in [1.165, 1.54) is 6.92 Å². The summed E-state index contributed by atoms with van der Waals surface area (Å²) >= 11 is 0. The highest BCUT2D eigenvalue weighted by Gasteiger charge is 2.24. The van der Waals surface area contributed by atoms with Gasteiger partial charge in [-0.1, -0.05) is 40.0 Å². The van der Waals surface area contributed by atoms with Gasteiger partial charge in [-0.05, 0) is 18.8 Å². The molecule has 0 aromatic heterocycles. The minimum atomic E-state index is -4.48. The predicted octanol–water partition coefficient (Wildman–Crippen LogP) is 2.47. The minimum Gasteiger partial charge on any atom is -0.462 e. The molecule has 0 saturated heterocycles. The molecular formula is C15H26O7S. The number of rotatable bonds is 11. The van der Waals surface area contributed by atoms with Gasteiger partial charge in [0.05, 0.1) is 6.61 Å². The van der Waals surface area contributed by atoms with Crippen LogP contribution in [0.25, 0.3) is 0 Å². The molecular weight excluding hydrogens is 324 g/mol. The Labute approximate surface area is 137 Å². The summed E-state index contributed by atoms with van der Waals surface area (Å²) in [7, 11) is -4.48. The maximum atomic E-state index is 11.5. The monoisotopic (exact) mass is 350 g/mol. The third kappa shape index (κ3) is 10.1. The normalized spacial score (nSPS) is 14.4. The first kappa shape index (κ1) is 21.6. The van der Waals surface area contributed by atoms with Gasteiger partial charge in [-0.15, -0.1) is 0 Å². The Morgan fingerprint density at radius 1 is 1.09 bits per heavy atom. The van der Waals surface area contributed by atoms with E-state index in [-0.39, 0.29) is 18.9 Å². The van der Waals surface area contributed by atoms with Crippen molar-refractivity contribution in [3.05, 3.63) is 12.2 Å². The van der Waals surface area contributed by atoms with Crippen molar-refractivity contribution in [2.45, 2.75) is 58.3 Å². The molecule has 0 aliphatic rings. The van der Waals surface area contributed by atoms with Crippen LogP contribution in [0.3, 0.4) is 0 Å². The van der Waals surface area contributed by atoms with Crippen LogP contribution in [0.15, 0.2) is 12.2 Å². The van der Waals surface area contributed by atoms with Crippen LogP contribution in [-0.2, 0) is 29.2 Å². The fourth-order valence-electron chi connectivity index (χ4n) is 1.81. The van der Waals surface area contributed by atoms with Crippen molar-refractivity contribution in [3.8, 4) is 0 Å². The van der Waals surface area contributed by atoms with Crippen LogP contribution >= 0.6 is 0 Å². The van der Waals surface area contributed by atoms with Crippen LogP contribution in [0.2, 0.25) is 0 Å². The molecule has 0 rings (SSSR count). The van der Waals surface area contributed by atoms with E-state index in [1.54, 1.807) is 0 Å². The average molecular weight is 350 g/mol. The summed E-state index contributed by atoms with van der Waals surface area (Å²) in [5.41, 5.74) is -1.64. The van der Waals surface area contributed by atoms with Crippen LogP contribution < -0.4 is 0 Å². The van der Waals surface area contributed by atoms with Gasteiger partial charge in [0.2, 0.25) is 5.44 Å². The van der Waals surface area contributed by atoms with E-state index in [4.69, 9.17) is 9.29 Å². The lowest BCUT2D eigenvalue weighted by Gasteiger charge is -2.13. The van der Waals surface area contributed by atoms with Crippen molar-refractivity contribution >= 4 is 22.1 Å². The molecule has 0 amide bonds. The molecule has 0 aliphatic heterocycles. The molecule has 0 fully saturated rings. The quantitative estimate of drug-likeness (QED) is 0.346. The van der Waals surface area contributed by atoms with E-state index in [1.807, 2.05) is 6.92 Å². The standard InChI is InChI=1S/C15H26O7S/c1-4-7-8-12(5-2)11-21-13(16)9-10-14(17)22-15(6-3)23(18,19)20/h9-10,12,15H,4-8,11H2,1-3H3,(H,18,19,20). The van der Waals surface area contributed by atoms with Gasteiger partial charge in [0.25, 0.3) is 0 Å². The molecule has 2 unspecified atom stereocenters. The van der Waals surface area contributed by atoms with E-state index in [9.17, 15) is 18.0 Å². The maximum absolute atomic E-state index is 11.5. The van der Waals surface area contributed by atoms with Crippen molar-refractivity contribution < 1.29 is 32.0 Å². The van der Waals surface area contributed by atoms with Crippen LogP contribution in [0.5, 0.6) is 0 Å². The highest BCUT2D eigenvalue weighted by molar-refractivity contribution is 7.86. The van der Waals surface area contributed by atoms with E-state index in [0.29, 0.717) is 0 Å². The van der Waals surface area contributed by atoms with Crippen LogP contribution in [-0.4, -0.2) is 37.0 Å². The molecule has 134 valence electrons. The molecule has 23 heavy (non-hydrogen) atoms. The Morgan fingerprint density at radius 3 is 2.17 bits per heavy atom. The molecule has 0 heterocycles. The summed E-state index contributed by atoms with van der Waals surface area (Å²) < 4.78 is 40.2. The third-order valence-electron chi connectivity index (χ3n) is 3.27. The Balaban J connectivity index is 4.33. The van der Waals surface area contributed by atoms with E-state index >= 15 is 0 Å². The maximum Gasteiger partial charge on any atom is 0.332 e. The number of ether oxygens (including phenoxy) is 2. The van der Waals surface area contributed by atoms with Crippen molar-refractivity contribution in [3.63, 3.8) is 0 Å². The van der Waals surface area contributed by atoms with Crippen molar-refractivity contribution in [1.82, 2.24) is 0 Å². The molecule has 2 atom stereocenters. The molecule has 0 bridgehead atoms. The fraction of sp³-hybridized carbons (Fsp3) is 0.733. The van der Waals surface area contributed by atoms with Crippen molar-refractivity contribution in [2.24, 2.45) is 5.92 Å². The number of esters is 2. The van der Waals surface area contributed by atoms with Crippen LogP contribution in [0.4, 0.5) is 0 Å². The number of carbonyl (C=O) groups excluding carboxylic acids is 2. The summed E-state index contributed by atoms with van der Waals surface area (Å²) in [6, 6.07) is 0. The lowest BCUT2D eigenvalue weighted by atomic mass is 10.0. The summed E-state index contributed by atoms with van der Waals surface area (Å²) in [6.07, 6.45) is 5.56. The Morgan fingerprint density at radius 2 is 1.70 bits per heavy atom. The van der Waals surface area contributed by atoms with Gasteiger partial charge in [0.1, 0.15) is 0 Å². The number of unbranched alkanes of at least 4 members (excludes halogenated alkanes) is 1. The molecule has 7 nitrogen and oxygen atoms in total. The van der Waals surface area contributed by atoms with Crippen LogP contribution in [0.1, 0.15) is 52.9 Å². The molecule has 8 heteroatoms.